The Morgan fingerprint density at radius 3 is 3.00 bits per heavy atom. The summed E-state index contributed by atoms with van der Waals surface area (Å²) in [5, 5.41) is 14.1. The van der Waals surface area contributed by atoms with E-state index in [1.807, 2.05) is 5.38 Å². The first kappa shape index (κ1) is 13.4. The monoisotopic (exact) mass is 277 g/mol. The second kappa shape index (κ2) is 5.71. The van der Waals surface area contributed by atoms with E-state index in [-0.39, 0.29) is 11.3 Å². The zero-order valence-electron chi connectivity index (χ0n) is 10.5. The third-order valence-corrected chi connectivity index (χ3v) is 3.82. The lowest BCUT2D eigenvalue weighted by atomic mass is 10.2. The minimum absolute atomic E-state index is 0.0689. The van der Waals surface area contributed by atoms with E-state index in [0.717, 1.165) is 6.42 Å². The number of nitrogen functional groups attached to an aromatic ring is 1. The molecular weight excluding hydrogens is 262 g/mol. The largest absolute Gasteiger partial charge is 0.478 e. The number of aryl methyl sites for hydroxylation is 1. The third-order valence-electron chi connectivity index (χ3n) is 2.86. The van der Waals surface area contributed by atoms with Crippen LogP contribution in [-0.2, 0) is 13.0 Å². The van der Waals surface area contributed by atoms with E-state index in [1.165, 1.54) is 22.7 Å². The highest BCUT2D eigenvalue weighted by atomic mass is 32.1. The fraction of sp³-hybridized carbons (Fsp3) is 0.231. The van der Waals surface area contributed by atoms with Crippen molar-refractivity contribution in [2.24, 2.45) is 0 Å². The number of nitrogens with one attached hydrogen (secondary N) is 1. The Balaban J connectivity index is 2.16. The standard InChI is InChI=1S/C13H15N3O2S/c1-2-8-4-6-19-10(8)7-16-12-11(14)9(13(17)18)3-5-15-12/h3-6H,2,7,14H2,1H3,(H,15,16)(H,17,18). The van der Waals surface area contributed by atoms with Crippen molar-refractivity contribution in [1.82, 2.24) is 4.98 Å². The molecule has 0 unspecified atom stereocenters. The SMILES string of the molecule is CCc1ccsc1CNc1nccc(C(=O)O)c1N. The number of rotatable bonds is 5. The summed E-state index contributed by atoms with van der Waals surface area (Å²) in [6.07, 6.45) is 2.41. The van der Waals surface area contributed by atoms with Gasteiger partial charge in [-0.25, -0.2) is 9.78 Å². The van der Waals surface area contributed by atoms with Crippen LogP contribution in [0, 0.1) is 0 Å². The van der Waals surface area contributed by atoms with Crippen LogP contribution >= 0.6 is 11.3 Å². The number of anilines is 2. The molecule has 0 bridgehead atoms. The summed E-state index contributed by atoms with van der Waals surface area (Å²) in [6, 6.07) is 3.48. The van der Waals surface area contributed by atoms with Gasteiger partial charge in [0.25, 0.3) is 0 Å². The average Bonchev–Trinajstić information content (AvgIpc) is 2.84. The van der Waals surface area contributed by atoms with Crippen molar-refractivity contribution >= 4 is 28.8 Å². The van der Waals surface area contributed by atoms with Crippen LogP contribution in [-0.4, -0.2) is 16.1 Å². The third kappa shape index (κ3) is 2.85. The summed E-state index contributed by atoms with van der Waals surface area (Å²) in [6.45, 7) is 2.70. The number of carbonyl (C=O) groups is 1. The van der Waals surface area contributed by atoms with E-state index in [4.69, 9.17) is 10.8 Å². The molecule has 2 aromatic rings. The number of aromatic carboxylic acids is 1. The van der Waals surface area contributed by atoms with E-state index in [0.29, 0.717) is 12.4 Å². The zero-order valence-corrected chi connectivity index (χ0v) is 11.3. The fourth-order valence-corrected chi connectivity index (χ4v) is 2.72. The first-order valence-electron chi connectivity index (χ1n) is 5.90. The Hall–Kier alpha value is -2.08. The highest BCUT2D eigenvalue weighted by molar-refractivity contribution is 7.10. The molecule has 0 saturated carbocycles. The molecule has 0 aliphatic rings. The first-order valence-corrected chi connectivity index (χ1v) is 6.78. The summed E-state index contributed by atoms with van der Waals surface area (Å²) in [7, 11) is 0. The second-order valence-electron chi connectivity index (χ2n) is 4.00. The molecular formula is C13H15N3O2S. The molecule has 0 atom stereocenters. The Morgan fingerprint density at radius 1 is 1.53 bits per heavy atom. The molecule has 4 N–H and O–H groups in total. The lowest BCUT2D eigenvalue weighted by Crippen LogP contribution is -2.09. The van der Waals surface area contributed by atoms with Crippen molar-refractivity contribution in [2.45, 2.75) is 19.9 Å². The van der Waals surface area contributed by atoms with Crippen LogP contribution in [0.25, 0.3) is 0 Å². The minimum atomic E-state index is -1.05. The van der Waals surface area contributed by atoms with Crippen molar-refractivity contribution in [2.75, 3.05) is 11.1 Å². The first-order chi connectivity index (χ1) is 9.13. The predicted octanol–water partition coefficient (Wildman–Crippen LogP) is 2.60. The van der Waals surface area contributed by atoms with Crippen LogP contribution in [0.1, 0.15) is 27.7 Å². The summed E-state index contributed by atoms with van der Waals surface area (Å²) in [4.78, 5) is 16.3. The summed E-state index contributed by atoms with van der Waals surface area (Å²) in [5.74, 6) is -0.635. The molecule has 0 amide bonds. The van der Waals surface area contributed by atoms with Crippen LogP contribution in [0.5, 0.6) is 0 Å². The fourth-order valence-electron chi connectivity index (χ4n) is 1.80. The minimum Gasteiger partial charge on any atom is -0.478 e. The quantitative estimate of drug-likeness (QED) is 0.781. The van der Waals surface area contributed by atoms with Gasteiger partial charge in [0.05, 0.1) is 17.8 Å². The number of nitrogens with two attached hydrogens (primary N) is 1. The van der Waals surface area contributed by atoms with Gasteiger partial charge in [0, 0.05) is 11.1 Å². The number of pyridine rings is 1. The van der Waals surface area contributed by atoms with E-state index >= 15 is 0 Å². The Kier molecular flexibility index (Phi) is 4.01. The van der Waals surface area contributed by atoms with Gasteiger partial charge in [0.1, 0.15) is 5.82 Å². The molecule has 2 heterocycles. The highest BCUT2D eigenvalue weighted by Gasteiger charge is 2.12. The maximum Gasteiger partial charge on any atom is 0.337 e. The average molecular weight is 277 g/mol. The molecule has 100 valence electrons. The summed E-state index contributed by atoms with van der Waals surface area (Å²) in [5.41, 5.74) is 7.31. The van der Waals surface area contributed by atoms with Gasteiger partial charge in [0.15, 0.2) is 0 Å². The van der Waals surface area contributed by atoms with Crippen LogP contribution in [0.2, 0.25) is 0 Å². The molecule has 6 heteroatoms. The Labute approximate surface area is 115 Å². The number of hydrogen-bond acceptors (Lipinski definition) is 5. The lowest BCUT2D eigenvalue weighted by molar-refractivity contribution is 0.0698. The molecule has 2 rings (SSSR count). The van der Waals surface area contributed by atoms with Crippen molar-refractivity contribution < 1.29 is 9.90 Å². The lowest BCUT2D eigenvalue weighted by Gasteiger charge is -2.10. The second-order valence-corrected chi connectivity index (χ2v) is 5.00. The molecule has 0 aromatic carbocycles. The van der Waals surface area contributed by atoms with Crippen molar-refractivity contribution in [3.8, 4) is 0 Å². The zero-order chi connectivity index (χ0) is 13.8. The summed E-state index contributed by atoms with van der Waals surface area (Å²) < 4.78 is 0. The van der Waals surface area contributed by atoms with Crippen LogP contribution < -0.4 is 11.1 Å². The van der Waals surface area contributed by atoms with Gasteiger partial charge in [0.2, 0.25) is 0 Å². The van der Waals surface area contributed by atoms with Crippen molar-refractivity contribution in [3.05, 3.63) is 39.7 Å². The van der Waals surface area contributed by atoms with E-state index in [1.54, 1.807) is 11.3 Å². The van der Waals surface area contributed by atoms with Gasteiger partial charge < -0.3 is 16.2 Å². The number of hydrogen-bond donors (Lipinski definition) is 3. The molecule has 0 aliphatic carbocycles. The van der Waals surface area contributed by atoms with Gasteiger partial charge in [-0.05, 0) is 29.5 Å². The smallest absolute Gasteiger partial charge is 0.337 e. The molecule has 0 radical (unpaired) electrons. The van der Waals surface area contributed by atoms with Crippen LogP contribution in [0.15, 0.2) is 23.7 Å². The number of carboxylic acid groups (broad SMARTS) is 1. The van der Waals surface area contributed by atoms with Gasteiger partial charge in [-0.1, -0.05) is 6.92 Å². The Bertz CT molecular complexity index is 595. The maximum absolute atomic E-state index is 11.0. The van der Waals surface area contributed by atoms with E-state index < -0.39 is 5.97 Å². The molecule has 19 heavy (non-hydrogen) atoms. The highest BCUT2D eigenvalue weighted by Crippen LogP contribution is 2.23. The molecule has 0 fully saturated rings. The normalized spacial score (nSPS) is 10.4. The van der Waals surface area contributed by atoms with Crippen molar-refractivity contribution in [1.29, 1.82) is 0 Å². The number of aromatic nitrogens is 1. The van der Waals surface area contributed by atoms with Crippen LogP contribution in [0.3, 0.4) is 0 Å². The molecule has 2 aromatic heterocycles. The molecule has 0 spiro atoms. The Morgan fingerprint density at radius 2 is 2.32 bits per heavy atom. The number of thiophene rings is 1. The van der Waals surface area contributed by atoms with Gasteiger partial charge in [-0.15, -0.1) is 11.3 Å². The molecule has 5 nitrogen and oxygen atoms in total. The van der Waals surface area contributed by atoms with Crippen LogP contribution in [0.4, 0.5) is 11.5 Å². The predicted molar refractivity (Wildman–Crippen MR) is 76.6 cm³/mol. The number of nitrogens with zero attached hydrogens (tertiary/aromatic N) is 1. The summed E-state index contributed by atoms with van der Waals surface area (Å²) >= 11 is 1.66. The van der Waals surface area contributed by atoms with E-state index in [2.05, 4.69) is 23.3 Å². The van der Waals surface area contributed by atoms with E-state index in [9.17, 15) is 4.79 Å². The van der Waals surface area contributed by atoms with Gasteiger partial charge in [-0.3, -0.25) is 0 Å². The topological polar surface area (TPSA) is 88.2 Å². The van der Waals surface area contributed by atoms with Gasteiger partial charge >= 0.3 is 5.97 Å². The van der Waals surface area contributed by atoms with Gasteiger partial charge in [-0.2, -0.15) is 0 Å². The van der Waals surface area contributed by atoms with Crippen molar-refractivity contribution in [3.63, 3.8) is 0 Å². The molecule has 0 aliphatic heterocycles. The maximum atomic E-state index is 11.0. The number of carboxylic acids is 1. The molecule has 0 saturated heterocycles.